The van der Waals surface area contributed by atoms with Crippen molar-refractivity contribution in [3.63, 3.8) is 0 Å². The number of hydrogen-bond acceptors (Lipinski definition) is 7. The zero-order chi connectivity index (χ0) is 19.0. The number of rotatable bonds is 9. The second kappa shape index (κ2) is 8.98. The molecule has 10 heteroatoms. The summed E-state index contributed by atoms with van der Waals surface area (Å²) in [4.78, 5) is 21.7. The Bertz CT molecular complexity index is 796. The molecule has 0 fully saturated rings. The standard InChI is InChI=1S/C16H17N2O7P/c1-2-23-16(19)12-17-26(22,24-14-6-4-3-5-7-14)25-15-10-8-13(9-11-15)18(20)21/h3-11H,2,12H2,1H3,(H,17,22). The van der Waals surface area contributed by atoms with Gasteiger partial charge in [-0.05, 0) is 31.2 Å². The van der Waals surface area contributed by atoms with E-state index in [1.165, 1.54) is 24.3 Å². The second-order valence-corrected chi connectivity index (χ2v) is 6.56. The molecule has 26 heavy (non-hydrogen) atoms. The van der Waals surface area contributed by atoms with E-state index in [2.05, 4.69) is 5.09 Å². The lowest BCUT2D eigenvalue weighted by Crippen LogP contribution is -2.26. The van der Waals surface area contributed by atoms with Crippen LogP contribution in [0.3, 0.4) is 0 Å². The number of nitro groups is 1. The van der Waals surface area contributed by atoms with Crippen LogP contribution in [-0.4, -0.2) is 24.0 Å². The summed E-state index contributed by atoms with van der Waals surface area (Å²) in [6.45, 7) is 1.42. The maximum Gasteiger partial charge on any atom is 0.513 e. The zero-order valence-electron chi connectivity index (χ0n) is 13.9. The number of hydrogen-bond donors (Lipinski definition) is 1. The SMILES string of the molecule is CCOC(=O)CNP(=O)(Oc1ccccc1)Oc1ccc([N+](=O)[O-])cc1. The lowest BCUT2D eigenvalue weighted by atomic mass is 10.3. The smallest absolute Gasteiger partial charge is 0.465 e. The largest absolute Gasteiger partial charge is 0.513 e. The van der Waals surface area contributed by atoms with Crippen LogP contribution in [-0.2, 0) is 14.1 Å². The molecule has 9 nitrogen and oxygen atoms in total. The summed E-state index contributed by atoms with van der Waals surface area (Å²) in [5, 5.41) is 13.1. The van der Waals surface area contributed by atoms with Crippen molar-refractivity contribution in [2.45, 2.75) is 6.92 Å². The molecule has 0 radical (unpaired) electrons. The van der Waals surface area contributed by atoms with E-state index in [1.54, 1.807) is 37.3 Å². The predicted molar refractivity (Wildman–Crippen MR) is 93.0 cm³/mol. The number of nitro benzene ring substituents is 1. The number of carbonyl (C=O) groups excluding carboxylic acids is 1. The fraction of sp³-hybridized carbons (Fsp3) is 0.188. The minimum absolute atomic E-state index is 0.0752. The van der Waals surface area contributed by atoms with Crippen molar-refractivity contribution in [3.8, 4) is 11.5 Å². The molecule has 1 N–H and O–H groups in total. The van der Waals surface area contributed by atoms with E-state index in [9.17, 15) is 19.5 Å². The predicted octanol–water partition coefficient (Wildman–Crippen LogP) is 3.31. The van der Waals surface area contributed by atoms with Gasteiger partial charge in [-0.1, -0.05) is 18.2 Å². The van der Waals surface area contributed by atoms with Crippen LogP contribution in [0, 0.1) is 10.1 Å². The van der Waals surface area contributed by atoms with Gasteiger partial charge >= 0.3 is 13.7 Å². The first-order chi connectivity index (χ1) is 12.4. The molecule has 138 valence electrons. The van der Waals surface area contributed by atoms with Gasteiger partial charge in [0.2, 0.25) is 0 Å². The fourth-order valence-corrected chi connectivity index (χ4v) is 3.13. The number of nitrogens with zero attached hydrogens (tertiary/aromatic N) is 1. The number of benzene rings is 2. The molecule has 0 bridgehead atoms. The van der Waals surface area contributed by atoms with Crippen LogP contribution >= 0.6 is 7.75 Å². The van der Waals surface area contributed by atoms with Gasteiger partial charge in [0.15, 0.2) is 0 Å². The van der Waals surface area contributed by atoms with Crippen LogP contribution < -0.4 is 14.1 Å². The maximum absolute atomic E-state index is 13.0. The number of esters is 1. The molecule has 0 saturated heterocycles. The zero-order valence-corrected chi connectivity index (χ0v) is 14.8. The first-order valence-electron chi connectivity index (χ1n) is 7.61. The Morgan fingerprint density at radius 3 is 2.19 bits per heavy atom. The molecule has 0 aliphatic heterocycles. The monoisotopic (exact) mass is 380 g/mol. The Labute approximate surface area is 149 Å². The van der Waals surface area contributed by atoms with Crippen LogP contribution in [0.2, 0.25) is 0 Å². The quantitative estimate of drug-likeness (QED) is 0.305. The van der Waals surface area contributed by atoms with Crippen LogP contribution in [0.4, 0.5) is 5.69 Å². The highest BCUT2D eigenvalue weighted by Gasteiger charge is 2.29. The molecule has 1 unspecified atom stereocenters. The van der Waals surface area contributed by atoms with Gasteiger partial charge in [-0.15, -0.1) is 0 Å². The van der Waals surface area contributed by atoms with Crippen LogP contribution in [0.5, 0.6) is 11.5 Å². The normalized spacial score (nSPS) is 12.7. The van der Waals surface area contributed by atoms with E-state index >= 15 is 0 Å². The van der Waals surface area contributed by atoms with Gasteiger partial charge in [0, 0.05) is 12.1 Å². The van der Waals surface area contributed by atoms with Crippen molar-refractivity contribution >= 4 is 19.4 Å². The van der Waals surface area contributed by atoms with E-state index < -0.39 is 25.2 Å². The molecule has 0 saturated carbocycles. The molecular weight excluding hydrogens is 363 g/mol. The van der Waals surface area contributed by atoms with E-state index in [-0.39, 0.29) is 23.8 Å². The third-order valence-electron chi connectivity index (χ3n) is 2.96. The van der Waals surface area contributed by atoms with Crippen LogP contribution in [0.25, 0.3) is 0 Å². The van der Waals surface area contributed by atoms with Gasteiger partial charge in [-0.2, -0.15) is 5.09 Å². The van der Waals surface area contributed by atoms with E-state index in [4.69, 9.17) is 13.8 Å². The van der Waals surface area contributed by atoms with Crippen molar-refractivity contribution in [1.29, 1.82) is 0 Å². The molecule has 1 atom stereocenters. The highest BCUT2D eigenvalue weighted by molar-refractivity contribution is 7.52. The minimum atomic E-state index is -4.00. The fourth-order valence-electron chi connectivity index (χ4n) is 1.84. The van der Waals surface area contributed by atoms with Crippen LogP contribution in [0.15, 0.2) is 54.6 Å². The van der Waals surface area contributed by atoms with Gasteiger partial charge in [-0.3, -0.25) is 14.9 Å². The lowest BCUT2D eigenvalue weighted by molar-refractivity contribution is -0.384. The average Bonchev–Trinajstić information content (AvgIpc) is 2.61. The van der Waals surface area contributed by atoms with E-state index in [0.29, 0.717) is 0 Å². The van der Waals surface area contributed by atoms with Crippen molar-refractivity contribution in [3.05, 3.63) is 64.7 Å². The highest BCUT2D eigenvalue weighted by Crippen LogP contribution is 2.44. The first kappa shape index (κ1) is 19.4. The number of nitrogens with one attached hydrogen (secondary N) is 1. The summed E-state index contributed by atoms with van der Waals surface area (Å²) in [7, 11) is -4.00. The van der Waals surface area contributed by atoms with Gasteiger partial charge in [-0.25, -0.2) is 4.57 Å². The average molecular weight is 380 g/mol. The minimum Gasteiger partial charge on any atom is -0.465 e. The maximum atomic E-state index is 13.0. The summed E-state index contributed by atoms with van der Waals surface area (Å²) < 4.78 is 28.5. The number of non-ortho nitro benzene ring substituents is 1. The number of ether oxygens (including phenoxy) is 1. The molecule has 0 heterocycles. The number of carbonyl (C=O) groups is 1. The molecule has 0 aromatic heterocycles. The van der Waals surface area contributed by atoms with Gasteiger partial charge in [0.25, 0.3) is 5.69 Å². The van der Waals surface area contributed by atoms with Crippen LogP contribution in [0.1, 0.15) is 6.92 Å². The van der Waals surface area contributed by atoms with E-state index in [1.807, 2.05) is 0 Å². The van der Waals surface area contributed by atoms with Crippen molar-refractivity contribution in [2.24, 2.45) is 0 Å². The summed E-state index contributed by atoms with van der Waals surface area (Å²) in [5.41, 5.74) is -0.143. The first-order valence-corrected chi connectivity index (χ1v) is 9.15. The lowest BCUT2D eigenvalue weighted by Gasteiger charge is -2.20. The van der Waals surface area contributed by atoms with Gasteiger partial charge in [0.05, 0.1) is 11.5 Å². The summed E-state index contributed by atoms with van der Waals surface area (Å²) in [6, 6.07) is 13.2. The summed E-state index contributed by atoms with van der Waals surface area (Å²) in [6.07, 6.45) is 0. The summed E-state index contributed by atoms with van der Waals surface area (Å²) in [5.74, 6) is -0.294. The Morgan fingerprint density at radius 2 is 1.65 bits per heavy atom. The van der Waals surface area contributed by atoms with Gasteiger partial charge < -0.3 is 13.8 Å². The molecule has 0 aliphatic carbocycles. The topological polar surface area (TPSA) is 117 Å². The van der Waals surface area contributed by atoms with Crippen molar-refractivity contribution in [1.82, 2.24) is 5.09 Å². The Hall–Kier alpha value is -2.90. The van der Waals surface area contributed by atoms with Crippen molar-refractivity contribution in [2.75, 3.05) is 13.2 Å². The Morgan fingerprint density at radius 1 is 1.08 bits per heavy atom. The van der Waals surface area contributed by atoms with Crippen molar-refractivity contribution < 1.29 is 28.1 Å². The molecule has 0 amide bonds. The molecule has 2 aromatic rings. The molecular formula is C16H17N2O7P. The Kier molecular flexibility index (Phi) is 6.71. The molecule has 0 spiro atoms. The second-order valence-electron chi connectivity index (χ2n) is 4.88. The molecule has 2 aromatic carbocycles. The number of para-hydroxylation sites is 1. The summed E-state index contributed by atoms with van der Waals surface area (Å²) >= 11 is 0. The Balaban J connectivity index is 2.17. The third kappa shape index (κ3) is 5.87. The van der Waals surface area contributed by atoms with Gasteiger partial charge in [0.1, 0.15) is 18.0 Å². The highest BCUT2D eigenvalue weighted by atomic mass is 31.2. The molecule has 2 rings (SSSR count). The third-order valence-corrected chi connectivity index (χ3v) is 4.41. The van der Waals surface area contributed by atoms with E-state index in [0.717, 1.165) is 0 Å². The molecule has 0 aliphatic rings.